The number of carboxylic acids is 1. The highest BCUT2D eigenvalue weighted by Crippen LogP contribution is 2.14. The molecule has 4 heteroatoms. The number of aliphatic carboxylic acids is 1. The lowest BCUT2D eigenvalue weighted by atomic mass is 10.1. The van der Waals surface area contributed by atoms with Gasteiger partial charge in [0.05, 0.1) is 0 Å². The number of benzene rings is 2. The zero-order valence-electron chi connectivity index (χ0n) is 10.2. The Balaban J connectivity index is 2.06. The third-order valence-electron chi connectivity index (χ3n) is 2.80. The lowest BCUT2D eigenvalue weighted by Gasteiger charge is -2.14. The number of halogens is 1. The molecule has 0 bridgehead atoms. The normalized spacial score (nSPS) is 12.1. The third-order valence-corrected chi connectivity index (χ3v) is 2.80. The van der Waals surface area contributed by atoms with Crippen molar-refractivity contribution in [3.63, 3.8) is 0 Å². The van der Waals surface area contributed by atoms with E-state index < -0.39 is 12.0 Å². The maximum atomic E-state index is 12.8. The van der Waals surface area contributed by atoms with E-state index in [0.29, 0.717) is 12.1 Å². The van der Waals surface area contributed by atoms with Gasteiger partial charge in [-0.05, 0) is 23.3 Å². The molecule has 2 aromatic carbocycles. The van der Waals surface area contributed by atoms with E-state index in [1.807, 2.05) is 6.07 Å². The summed E-state index contributed by atoms with van der Waals surface area (Å²) in [6, 6.07) is 14.2. The van der Waals surface area contributed by atoms with Gasteiger partial charge in [0.1, 0.15) is 11.9 Å². The first-order valence-corrected chi connectivity index (χ1v) is 5.92. The number of hydrogen-bond donors (Lipinski definition) is 2. The average Bonchev–Trinajstić information content (AvgIpc) is 2.42. The highest BCUT2D eigenvalue weighted by molar-refractivity contribution is 5.75. The lowest BCUT2D eigenvalue weighted by molar-refractivity contribution is -0.139. The van der Waals surface area contributed by atoms with Crippen LogP contribution in [0.15, 0.2) is 54.6 Å². The molecule has 0 aromatic heterocycles. The zero-order chi connectivity index (χ0) is 13.7. The molecule has 0 fully saturated rings. The summed E-state index contributed by atoms with van der Waals surface area (Å²) < 4.78 is 12.8. The van der Waals surface area contributed by atoms with Gasteiger partial charge in [-0.25, -0.2) is 4.39 Å². The molecule has 0 radical (unpaired) electrons. The summed E-state index contributed by atoms with van der Waals surface area (Å²) in [5, 5.41) is 12.2. The van der Waals surface area contributed by atoms with Crippen molar-refractivity contribution in [1.82, 2.24) is 5.32 Å². The van der Waals surface area contributed by atoms with Crippen molar-refractivity contribution in [2.75, 3.05) is 0 Å². The minimum Gasteiger partial charge on any atom is -0.480 e. The van der Waals surface area contributed by atoms with Crippen LogP contribution in [-0.4, -0.2) is 11.1 Å². The molecule has 0 heterocycles. The van der Waals surface area contributed by atoms with Gasteiger partial charge in [0.2, 0.25) is 0 Å². The van der Waals surface area contributed by atoms with Crippen LogP contribution in [0.4, 0.5) is 4.39 Å². The van der Waals surface area contributed by atoms with Crippen LogP contribution in [0, 0.1) is 5.82 Å². The molecule has 2 rings (SSSR count). The van der Waals surface area contributed by atoms with Crippen LogP contribution >= 0.6 is 0 Å². The zero-order valence-corrected chi connectivity index (χ0v) is 10.2. The molecule has 0 saturated heterocycles. The average molecular weight is 259 g/mol. The molecule has 1 atom stereocenters. The summed E-state index contributed by atoms with van der Waals surface area (Å²) in [6.45, 7) is 0.367. The Bertz CT molecular complexity index is 540. The first-order valence-electron chi connectivity index (χ1n) is 5.92. The van der Waals surface area contributed by atoms with Gasteiger partial charge < -0.3 is 5.11 Å². The largest absolute Gasteiger partial charge is 0.480 e. The van der Waals surface area contributed by atoms with E-state index in [4.69, 9.17) is 0 Å². The van der Waals surface area contributed by atoms with Crippen molar-refractivity contribution >= 4 is 5.97 Å². The summed E-state index contributed by atoms with van der Waals surface area (Å²) in [5.74, 6) is -1.24. The summed E-state index contributed by atoms with van der Waals surface area (Å²) >= 11 is 0. The van der Waals surface area contributed by atoms with Crippen molar-refractivity contribution in [2.24, 2.45) is 0 Å². The summed E-state index contributed by atoms with van der Waals surface area (Å²) in [4.78, 5) is 11.3. The highest BCUT2D eigenvalue weighted by Gasteiger charge is 2.18. The Morgan fingerprint density at radius 1 is 1.11 bits per heavy atom. The van der Waals surface area contributed by atoms with Crippen molar-refractivity contribution in [2.45, 2.75) is 12.6 Å². The van der Waals surface area contributed by atoms with E-state index >= 15 is 0 Å². The standard InChI is InChI=1S/C15H14FNO2/c16-13-8-6-11(7-9-13)10-17-14(15(18)19)12-4-2-1-3-5-12/h1-9,14,17H,10H2,(H,18,19)/t14-/m1/s1. The smallest absolute Gasteiger partial charge is 0.325 e. The molecule has 98 valence electrons. The van der Waals surface area contributed by atoms with Crippen LogP contribution < -0.4 is 5.32 Å². The second kappa shape index (κ2) is 6.11. The topological polar surface area (TPSA) is 49.3 Å². The number of carboxylic acid groups (broad SMARTS) is 1. The molecule has 0 unspecified atom stereocenters. The van der Waals surface area contributed by atoms with Gasteiger partial charge in [0, 0.05) is 6.54 Å². The van der Waals surface area contributed by atoms with Crippen LogP contribution in [0.25, 0.3) is 0 Å². The SMILES string of the molecule is O=C(O)[C@H](NCc1ccc(F)cc1)c1ccccc1. The molecular weight excluding hydrogens is 245 g/mol. The van der Waals surface area contributed by atoms with E-state index in [1.165, 1.54) is 12.1 Å². The second-order valence-electron chi connectivity index (χ2n) is 4.19. The second-order valence-corrected chi connectivity index (χ2v) is 4.19. The monoisotopic (exact) mass is 259 g/mol. The van der Waals surface area contributed by atoms with E-state index in [9.17, 15) is 14.3 Å². The third kappa shape index (κ3) is 3.63. The Kier molecular flexibility index (Phi) is 4.26. The van der Waals surface area contributed by atoms with Gasteiger partial charge in [-0.2, -0.15) is 0 Å². The first-order chi connectivity index (χ1) is 9.16. The van der Waals surface area contributed by atoms with Crippen molar-refractivity contribution in [3.05, 3.63) is 71.5 Å². The molecule has 0 aliphatic carbocycles. The molecule has 19 heavy (non-hydrogen) atoms. The summed E-state index contributed by atoms with van der Waals surface area (Å²) in [6.07, 6.45) is 0. The molecule has 0 saturated carbocycles. The van der Waals surface area contributed by atoms with E-state index in [-0.39, 0.29) is 5.82 Å². The van der Waals surface area contributed by atoms with Gasteiger partial charge in [-0.15, -0.1) is 0 Å². The van der Waals surface area contributed by atoms with Crippen LogP contribution in [0.1, 0.15) is 17.2 Å². The van der Waals surface area contributed by atoms with Crippen molar-refractivity contribution in [3.8, 4) is 0 Å². The Morgan fingerprint density at radius 3 is 2.32 bits per heavy atom. The molecule has 0 spiro atoms. The molecule has 2 N–H and O–H groups in total. The molecular formula is C15H14FNO2. The summed E-state index contributed by atoms with van der Waals surface area (Å²) in [5.41, 5.74) is 1.53. The number of carbonyl (C=O) groups is 1. The van der Waals surface area contributed by atoms with E-state index in [1.54, 1.807) is 36.4 Å². The Morgan fingerprint density at radius 2 is 1.74 bits per heavy atom. The molecule has 3 nitrogen and oxygen atoms in total. The number of rotatable bonds is 5. The molecule has 0 aliphatic rings. The Labute approximate surface area is 110 Å². The van der Waals surface area contributed by atoms with Crippen LogP contribution in [0.2, 0.25) is 0 Å². The maximum Gasteiger partial charge on any atom is 0.325 e. The summed E-state index contributed by atoms with van der Waals surface area (Å²) in [7, 11) is 0. The number of nitrogens with one attached hydrogen (secondary N) is 1. The van der Waals surface area contributed by atoms with Crippen LogP contribution in [0.3, 0.4) is 0 Å². The predicted octanol–water partition coefficient (Wildman–Crippen LogP) is 2.74. The predicted molar refractivity (Wildman–Crippen MR) is 70.1 cm³/mol. The lowest BCUT2D eigenvalue weighted by Crippen LogP contribution is -2.28. The van der Waals surface area contributed by atoms with Gasteiger partial charge in [0.25, 0.3) is 0 Å². The quantitative estimate of drug-likeness (QED) is 0.868. The maximum absolute atomic E-state index is 12.8. The molecule has 0 amide bonds. The van der Waals surface area contributed by atoms with Crippen LogP contribution in [0.5, 0.6) is 0 Å². The van der Waals surface area contributed by atoms with Crippen molar-refractivity contribution < 1.29 is 14.3 Å². The van der Waals surface area contributed by atoms with E-state index in [0.717, 1.165) is 5.56 Å². The Hall–Kier alpha value is -2.20. The van der Waals surface area contributed by atoms with Gasteiger partial charge in [-0.3, -0.25) is 10.1 Å². The first kappa shape index (κ1) is 13.2. The minimum absolute atomic E-state index is 0.304. The van der Waals surface area contributed by atoms with Gasteiger partial charge in [-0.1, -0.05) is 42.5 Å². The van der Waals surface area contributed by atoms with Crippen LogP contribution in [-0.2, 0) is 11.3 Å². The molecule has 0 aliphatic heterocycles. The fourth-order valence-corrected chi connectivity index (χ4v) is 1.82. The van der Waals surface area contributed by atoms with Gasteiger partial charge in [0.15, 0.2) is 0 Å². The molecule has 2 aromatic rings. The highest BCUT2D eigenvalue weighted by atomic mass is 19.1. The minimum atomic E-state index is -0.937. The fourth-order valence-electron chi connectivity index (χ4n) is 1.82. The van der Waals surface area contributed by atoms with Crippen molar-refractivity contribution in [1.29, 1.82) is 0 Å². The number of hydrogen-bond acceptors (Lipinski definition) is 2. The van der Waals surface area contributed by atoms with E-state index in [2.05, 4.69) is 5.32 Å². The fraction of sp³-hybridized carbons (Fsp3) is 0.133. The van der Waals surface area contributed by atoms with Gasteiger partial charge >= 0.3 is 5.97 Å².